The van der Waals surface area contributed by atoms with Crippen LogP contribution >= 0.6 is 0 Å². The number of sulfone groups is 1. The van der Waals surface area contributed by atoms with Crippen molar-refractivity contribution in [3.63, 3.8) is 0 Å². The zero-order chi connectivity index (χ0) is 17.5. The number of fused-ring (bicyclic) bond motifs is 1. The highest BCUT2D eigenvalue weighted by atomic mass is 32.2. The van der Waals surface area contributed by atoms with Crippen LogP contribution in [0.25, 0.3) is 0 Å². The van der Waals surface area contributed by atoms with E-state index in [0.717, 1.165) is 30.6 Å². The van der Waals surface area contributed by atoms with E-state index in [9.17, 15) is 13.2 Å². The van der Waals surface area contributed by atoms with Gasteiger partial charge < -0.3 is 14.2 Å². The van der Waals surface area contributed by atoms with Gasteiger partial charge in [-0.2, -0.15) is 0 Å². The number of carbonyl (C=O) groups is 1. The van der Waals surface area contributed by atoms with Gasteiger partial charge in [-0.3, -0.25) is 4.79 Å². The van der Waals surface area contributed by atoms with Gasteiger partial charge in [0.2, 0.25) is 14.9 Å². The summed E-state index contributed by atoms with van der Waals surface area (Å²) in [7, 11) is -1.49. The summed E-state index contributed by atoms with van der Waals surface area (Å²) in [5.41, 5.74) is 1.76. The van der Waals surface area contributed by atoms with Crippen molar-refractivity contribution in [2.24, 2.45) is 0 Å². The van der Waals surface area contributed by atoms with E-state index in [1.54, 1.807) is 4.90 Å². The number of furan rings is 1. The second-order valence-corrected chi connectivity index (χ2v) is 8.06. The number of carbonyl (C=O) groups excluding carboxylic acids is 1. The first-order valence-electron chi connectivity index (χ1n) is 7.72. The third-order valence-electron chi connectivity index (χ3n) is 4.25. The summed E-state index contributed by atoms with van der Waals surface area (Å²) >= 11 is 0. The SMILES string of the molecule is C[C@@H]1CCN(C)c2ccccc2N1C(=O)c1ccc(S(C)(=O)=O)o1. The number of rotatable bonds is 2. The van der Waals surface area contributed by atoms with Gasteiger partial charge in [0, 0.05) is 25.9 Å². The maximum atomic E-state index is 13.0. The second-order valence-electron chi connectivity index (χ2n) is 6.11. The third kappa shape index (κ3) is 2.91. The topological polar surface area (TPSA) is 70.8 Å². The molecule has 24 heavy (non-hydrogen) atoms. The van der Waals surface area contributed by atoms with Crippen molar-refractivity contribution in [3.05, 3.63) is 42.2 Å². The molecule has 1 atom stereocenters. The first kappa shape index (κ1) is 16.6. The quantitative estimate of drug-likeness (QED) is 0.834. The molecule has 0 bridgehead atoms. The van der Waals surface area contributed by atoms with E-state index < -0.39 is 9.84 Å². The number of hydrogen-bond donors (Lipinski definition) is 0. The third-order valence-corrected chi connectivity index (χ3v) is 5.20. The fourth-order valence-corrected chi connectivity index (χ4v) is 3.48. The van der Waals surface area contributed by atoms with Crippen molar-refractivity contribution in [1.82, 2.24) is 0 Å². The Balaban J connectivity index is 2.05. The molecule has 2 aromatic rings. The Morgan fingerprint density at radius 3 is 2.46 bits per heavy atom. The normalized spacial score (nSPS) is 18.2. The van der Waals surface area contributed by atoms with Gasteiger partial charge in [0.05, 0.1) is 11.4 Å². The minimum Gasteiger partial charge on any atom is -0.440 e. The van der Waals surface area contributed by atoms with Crippen LogP contribution in [-0.2, 0) is 9.84 Å². The first-order valence-corrected chi connectivity index (χ1v) is 9.62. The predicted octanol–water partition coefficient (Wildman–Crippen LogP) is 2.56. The monoisotopic (exact) mass is 348 g/mol. The number of para-hydroxylation sites is 2. The molecular formula is C17H20N2O4S. The smallest absolute Gasteiger partial charge is 0.294 e. The highest BCUT2D eigenvalue weighted by Gasteiger charge is 2.31. The zero-order valence-corrected chi connectivity index (χ0v) is 14.7. The Morgan fingerprint density at radius 2 is 1.83 bits per heavy atom. The van der Waals surface area contributed by atoms with Crippen LogP contribution in [0.3, 0.4) is 0 Å². The van der Waals surface area contributed by atoms with E-state index in [1.165, 1.54) is 12.1 Å². The van der Waals surface area contributed by atoms with Gasteiger partial charge in [-0.1, -0.05) is 12.1 Å². The molecule has 0 fully saturated rings. The van der Waals surface area contributed by atoms with E-state index in [1.807, 2.05) is 38.2 Å². The molecule has 6 nitrogen and oxygen atoms in total. The van der Waals surface area contributed by atoms with Crippen molar-refractivity contribution in [1.29, 1.82) is 0 Å². The Labute approximate surface area is 141 Å². The van der Waals surface area contributed by atoms with Crippen LogP contribution in [0.4, 0.5) is 11.4 Å². The molecule has 0 unspecified atom stereocenters. The minimum atomic E-state index is -3.48. The van der Waals surface area contributed by atoms with Crippen LogP contribution in [0, 0.1) is 0 Å². The van der Waals surface area contributed by atoms with E-state index in [-0.39, 0.29) is 22.8 Å². The van der Waals surface area contributed by atoms with Gasteiger partial charge in [-0.15, -0.1) is 0 Å². The van der Waals surface area contributed by atoms with Gasteiger partial charge in [0.1, 0.15) is 0 Å². The standard InChI is InChI=1S/C17H20N2O4S/c1-12-10-11-18(2)13-6-4-5-7-14(13)19(12)17(20)15-8-9-16(23-15)24(3,21)22/h4-9,12H,10-11H2,1-3H3/t12-/m1/s1. The van der Waals surface area contributed by atoms with Gasteiger partial charge in [0.25, 0.3) is 5.91 Å². The summed E-state index contributed by atoms with van der Waals surface area (Å²) in [5, 5.41) is -0.196. The van der Waals surface area contributed by atoms with Crippen LogP contribution in [0.5, 0.6) is 0 Å². The van der Waals surface area contributed by atoms with Crippen LogP contribution in [0.2, 0.25) is 0 Å². The maximum Gasteiger partial charge on any atom is 0.294 e. The van der Waals surface area contributed by atoms with E-state index in [4.69, 9.17) is 4.42 Å². The number of hydrogen-bond acceptors (Lipinski definition) is 5. The molecule has 128 valence electrons. The van der Waals surface area contributed by atoms with E-state index in [0.29, 0.717) is 0 Å². The highest BCUT2D eigenvalue weighted by Crippen LogP contribution is 2.34. The fraction of sp³-hybridized carbons (Fsp3) is 0.353. The molecule has 0 saturated carbocycles. The Kier molecular flexibility index (Phi) is 4.13. The lowest BCUT2D eigenvalue weighted by Crippen LogP contribution is -2.38. The Morgan fingerprint density at radius 1 is 1.17 bits per heavy atom. The molecule has 1 aliphatic rings. The molecule has 3 rings (SSSR count). The van der Waals surface area contributed by atoms with Crippen molar-refractivity contribution in [2.75, 3.05) is 29.6 Å². The second kappa shape index (κ2) is 5.98. The first-order chi connectivity index (χ1) is 11.3. The number of amides is 1. The van der Waals surface area contributed by atoms with E-state index in [2.05, 4.69) is 4.90 Å². The molecule has 2 heterocycles. The molecule has 0 aliphatic carbocycles. The van der Waals surface area contributed by atoms with E-state index >= 15 is 0 Å². The summed E-state index contributed by atoms with van der Waals surface area (Å²) in [6.07, 6.45) is 1.86. The van der Waals surface area contributed by atoms with Gasteiger partial charge in [-0.25, -0.2) is 8.42 Å². The molecule has 0 N–H and O–H groups in total. The zero-order valence-electron chi connectivity index (χ0n) is 13.9. The number of anilines is 2. The molecule has 0 spiro atoms. The Hall–Kier alpha value is -2.28. The summed E-state index contributed by atoms with van der Waals surface area (Å²) in [5.74, 6) is -0.304. The molecular weight excluding hydrogens is 328 g/mol. The fourth-order valence-electron chi connectivity index (χ4n) is 2.92. The largest absolute Gasteiger partial charge is 0.440 e. The van der Waals surface area contributed by atoms with Crippen molar-refractivity contribution < 1.29 is 17.6 Å². The summed E-state index contributed by atoms with van der Waals surface area (Å²) in [4.78, 5) is 16.8. The van der Waals surface area contributed by atoms with Gasteiger partial charge in [-0.05, 0) is 37.6 Å². The molecule has 1 amide bonds. The molecule has 0 saturated heterocycles. The lowest BCUT2D eigenvalue weighted by Gasteiger charge is -2.27. The average molecular weight is 348 g/mol. The lowest BCUT2D eigenvalue weighted by atomic mass is 10.1. The van der Waals surface area contributed by atoms with Crippen LogP contribution < -0.4 is 9.80 Å². The number of benzene rings is 1. The maximum absolute atomic E-state index is 13.0. The predicted molar refractivity (Wildman–Crippen MR) is 92.4 cm³/mol. The Bertz CT molecular complexity index is 872. The van der Waals surface area contributed by atoms with Crippen molar-refractivity contribution in [3.8, 4) is 0 Å². The summed E-state index contributed by atoms with van der Waals surface area (Å²) < 4.78 is 28.5. The summed E-state index contributed by atoms with van der Waals surface area (Å²) in [6.45, 7) is 2.81. The average Bonchev–Trinajstić information content (AvgIpc) is 2.99. The minimum absolute atomic E-state index is 0.0293. The molecule has 0 radical (unpaired) electrons. The van der Waals surface area contributed by atoms with Crippen LogP contribution in [-0.4, -0.2) is 40.2 Å². The van der Waals surface area contributed by atoms with Gasteiger partial charge >= 0.3 is 0 Å². The highest BCUT2D eigenvalue weighted by molar-refractivity contribution is 7.90. The number of nitrogens with zero attached hydrogens (tertiary/aromatic N) is 2. The lowest BCUT2D eigenvalue weighted by molar-refractivity contribution is 0.0946. The van der Waals surface area contributed by atoms with Crippen molar-refractivity contribution >= 4 is 27.1 Å². The molecule has 7 heteroatoms. The van der Waals surface area contributed by atoms with Crippen LogP contribution in [0.1, 0.15) is 23.9 Å². The molecule has 1 aliphatic heterocycles. The molecule has 1 aromatic carbocycles. The summed E-state index contributed by atoms with van der Waals surface area (Å²) in [6, 6.07) is 10.4. The molecule has 1 aromatic heterocycles. The van der Waals surface area contributed by atoms with Gasteiger partial charge in [0.15, 0.2) is 5.76 Å². The van der Waals surface area contributed by atoms with Crippen molar-refractivity contribution in [2.45, 2.75) is 24.5 Å². The van der Waals surface area contributed by atoms with Crippen LogP contribution in [0.15, 0.2) is 45.9 Å².